The van der Waals surface area contributed by atoms with Gasteiger partial charge in [-0.2, -0.15) is 4.31 Å². The SMILES string of the molecule is Cc1ccoc1C(=O)N1CCN(S(=O)(=O)c2ccccc2)CC1. The highest BCUT2D eigenvalue weighted by atomic mass is 32.2. The normalized spacial score (nSPS) is 16.5. The molecule has 1 saturated heterocycles. The van der Waals surface area contributed by atoms with Crippen LogP contribution in [0.15, 0.2) is 52.0 Å². The molecule has 1 aliphatic heterocycles. The molecule has 1 aromatic carbocycles. The minimum atomic E-state index is -3.50. The van der Waals surface area contributed by atoms with Gasteiger partial charge in [-0.25, -0.2) is 8.42 Å². The van der Waals surface area contributed by atoms with Crippen molar-refractivity contribution < 1.29 is 17.6 Å². The summed E-state index contributed by atoms with van der Waals surface area (Å²) in [5.74, 6) is 0.133. The Labute approximate surface area is 135 Å². The van der Waals surface area contributed by atoms with Crippen molar-refractivity contribution in [1.82, 2.24) is 9.21 Å². The minimum Gasteiger partial charge on any atom is -0.459 e. The molecule has 3 rings (SSSR count). The van der Waals surface area contributed by atoms with E-state index in [0.29, 0.717) is 18.8 Å². The number of aryl methyl sites for hydroxylation is 1. The number of sulfonamides is 1. The maximum Gasteiger partial charge on any atom is 0.289 e. The van der Waals surface area contributed by atoms with Crippen LogP contribution in [0.4, 0.5) is 0 Å². The van der Waals surface area contributed by atoms with Crippen molar-refractivity contribution in [1.29, 1.82) is 0 Å². The number of furan rings is 1. The zero-order valence-corrected chi connectivity index (χ0v) is 13.6. The quantitative estimate of drug-likeness (QED) is 0.857. The van der Waals surface area contributed by atoms with Gasteiger partial charge in [-0.1, -0.05) is 18.2 Å². The molecule has 0 bridgehead atoms. The van der Waals surface area contributed by atoms with Crippen LogP contribution in [0.25, 0.3) is 0 Å². The van der Waals surface area contributed by atoms with Gasteiger partial charge in [-0.15, -0.1) is 0 Å². The van der Waals surface area contributed by atoms with E-state index in [4.69, 9.17) is 4.42 Å². The van der Waals surface area contributed by atoms with Crippen LogP contribution in [0.1, 0.15) is 16.1 Å². The molecule has 7 heteroatoms. The Hall–Kier alpha value is -2.12. The number of amides is 1. The topological polar surface area (TPSA) is 70.8 Å². The third kappa shape index (κ3) is 3.02. The van der Waals surface area contributed by atoms with Crippen molar-refractivity contribution in [3.63, 3.8) is 0 Å². The van der Waals surface area contributed by atoms with Crippen LogP contribution < -0.4 is 0 Å². The van der Waals surface area contributed by atoms with Crippen LogP contribution >= 0.6 is 0 Å². The first kappa shape index (κ1) is 15.8. The molecule has 23 heavy (non-hydrogen) atoms. The molecule has 1 aromatic heterocycles. The van der Waals surface area contributed by atoms with E-state index in [-0.39, 0.29) is 23.9 Å². The fourth-order valence-corrected chi connectivity index (χ4v) is 4.05. The van der Waals surface area contributed by atoms with Gasteiger partial charge in [0.05, 0.1) is 11.2 Å². The molecule has 0 spiro atoms. The Morgan fingerprint density at radius 2 is 1.70 bits per heavy atom. The van der Waals surface area contributed by atoms with Crippen LogP contribution in [-0.2, 0) is 10.0 Å². The molecular weight excluding hydrogens is 316 g/mol. The van der Waals surface area contributed by atoms with E-state index in [9.17, 15) is 13.2 Å². The predicted octanol–water partition coefficient (Wildman–Crippen LogP) is 1.73. The Morgan fingerprint density at radius 1 is 1.04 bits per heavy atom. The molecule has 0 radical (unpaired) electrons. The Bertz CT molecular complexity index is 790. The second-order valence-corrected chi connectivity index (χ2v) is 7.38. The molecular formula is C16H18N2O4S. The molecule has 0 aliphatic carbocycles. The molecule has 6 nitrogen and oxygen atoms in total. The number of rotatable bonds is 3. The van der Waals surface area contributed by atoms with Gasteiger partial charge in [0, 0.05) is 31.7 Å². The lowest BCUT2D eigenvalue weighted by Crippen LogP contribution is -2.50. The standard InChI is InChI=1S/C16H18N2O4S/c1-13-7-12-22-15(13)16(19)17-8-10-18(11-9-17)23(20,21)14-5-3-2-4-6-14/h2-7,12H,8-11H2,1H3. The van der Waals surface area contributed by atoms with Crippen molar-refractivity contribution in [3.8, 4) is 0 Å². The average molecular weight is 334 g/mol. The van der Waals surface area contributed by atoms with Gasteiger partial charge in [-0.05, 0) is 25.1 Å². The van der Waals surface area contributed by atoms with Crippen LogP contribution in [0, 0.1) is 6.92 Å². The van der Waals surface area contributed by atoms with E-state index >= 15 is 0 Å². The van der Waals surface area contributed by atoms with E-state index < -0.39 is 10.0 Å². The van der Waals surface area contributed by atoms with Gasteiger partial charge in [0.1, 0.15) is 0 Å². The van der Waals surface area contributed by atoms with Gasteiger partial charge < -0.3 is 9.32 Å². The number of carbonyl (C=O) groups is 1. The second kappa shape index (κ2) is 6.17. The summed E-state index contributed by atoms with van der Waals surface area (Å²) in [7, 11) is -3.50. The van der Waals surface area contributed by atoms with Gasteiger partial charge in [0.25, 0.3) is 5.91 Å². The third-order valence-corrected chi connectivity index (χ3v) is 5.88. The molecule has 0 N–H and O–H groups in total. The minimum absolute atomic E-state index is 0.191. The van der Waals surface area contributed by atoms with Crippen molar-refractivity contribution in [2.24, 2.45) is 0 Å². The summed E-state index contributed by atoms with van der Waals surface area (Å²) < 4.78 is 31.7. The summed E-state index contributed by atoms with van der Waals surface area (Å²) in [5, 5.41) is 0. The highest BCUT2D eigenvalue weighted by Crippen LogP contribution is 2.19. The van der Waals surface area contributed by atoms with Crippen LogP contribution in [0.2, 0.25) is 0 Å². The highest BCUT2D eigenvalue weighted by molar-refractivity contribution is 7.89. The van der Waals surface area contributed by atoms with Gasteiger partial charge in [0.15, 0.2) is 5.76 Å². The van der Waals surface area contributed by atoms with E-state index in [2.05, 4.69) is 0 Å². The summed E-state index contributed by atoms with van der Waals surface area (Å²) in [5.41, 5.74) is 0.786. The van der Waals surface area contributed by atoms with E-state index in [1.54, 1.807) is 41.3 Å². The first-order chi connectivity index (χ1) is 11.0. The second-order valence-electron chi connectivity index (χ2n) is 5.44. The lowest BCUT2D eigenvalue weighted by atomic mass is 10.2. The number of carbonyl (C=O) groups excluding carboxylic acids is 1. The van der Waals surface area contributed by atoms with E-state index in [1.165, 1.54) is 10.6 Å². The molecule has 0 atom stereocenters. The van der Waals surface area contributed by atoms with Crippen molar-refractivity contribution >= 4 is 15.9 Å². The smallest absolute Gasteiger partial charge is 0.289 e. The molecule has 0 saturated carbocycles. The molecule has 2 heterocycles. The zero-order chi connectivity index (χ0) is 16.4. The summed E-state index contributed by atoms with van der Waals surface area (Å²) >= 11 is 0. The third-order valence-electron chi connectivity index (χ3n) is 3.96. The largest absolute Gasteiger partial charge is 0.459 e. The predicted molar refractivity (Wildman–Crippen MR) is 84.5 cm³/mol. The maximum atomic E-state index is 12.6. The Kier molecular flexibility index (Phi) is 4.23. The fourth-order valence-electron chi connectivity index (χ4n) is 2.61. The monoisotopic (exact) mass is 334 g/mol. The molecule has 122 valence electrons. The summed E-state index contributed by atoms with van der Waals surface area (Å²) in [6.07, 6.45) is 1.48. The lowest BCUT2D eigenvalue weighted by molar-refractivity contribution is 0.0665. The summed E-state index contributed by atoms with van der Waals surface area (Å²) in [6.45, 7) is 3.08. The first-order valence-electron chi connectivity index (χ1n) is 7.39. The van der Waals surface area contributed by atoms with Gasteiger partial charge in [0.2, 0.25) is 10.0 Å². The van der Waals surface area contributed by atoms with Crippen molar-refractivity contribution in [3.05, 3.63) is 54.0 Å². The van der Waals surface area contributed by atoms with Gasteiger partial charge >= 0.3 is 0 Å². The maximum absolute atomic E-state index is 12.6. The number of hydrogen-bond acceptors (Lipinski definition) is 4. The molecule has 1 aliphatic rings. The number of nitrogens with zero attached hydrogens (tertiary/aromatic N) is 2. The fraction of sp³-hybridized carbons (Fsp3) is 0.312. The molecule has 1 fully saturated rings. The average Bonchev–Trinajstić information content (AvgIpc) is 3.01. The number of benzene rings is 1. The van der Waals surface area contributed by atoms with Crippen molar-refractivity contribution in [2.45, 2.75) is 11.8 Å². The number of piperazine rings is 1. The lowest BCUT2D eigenvalue weighted by Gasteiger charge is -2.33. The van der Waals surface area contributed by atoms with Crippen LogP contribution in [-0.4, -0.2) is 49.7 Å². The van der Waals surface area contributed by atoms with Crippen LogP contribution in [0.3, 0.4) is 0 Å². The summed E-state index contributed by atoms with van der Waals surface area (Å²) in [4.78, 5) is 14.3. The molecule has 0 unspecified atom stereocenters. The van der Waals surface area contributed by atoms with E-state index in [1.807, 2.05) is 6.92 Å². The highest BCUT2D eigenvalue weighted by Gasteiger charge is 2.31. The Morgan fingerprint density at radius 3 is 2.26 bits per heavy atom. The first-order valence-corrected chi connectivity index (χ1v) is 8.83. The molecule has 1 amide bonds. The van der Waals surface area contributed by atoms with Crippen molar-refractivity contribution in [2.75, 3.05) is 26.2 Å². The van der Waals surface area contributed by atoms with E-state index in [0.717, 1.165) is 5.56 Å². The number of hydrogen-bond donors (Lipinski definition) is 0. The van der Waals surface area contributed by atoms with Gasteiger partial charge in [-0.3, -0.25) is 4.79 Å². The Balaban J connectivity index is 1.69. The molecule has 2 aromatic rings. The zero-order valence-electron chi connectivity index (χ0n) is 12.8. The summed E-state index contributed by atoms with van der Waals surface area (Å²) in [6, 6.07) is 10.1. The van der Waals surface area contributed by atoms with Crippen LogP contribution in [0.5, 0.6) is 0 Å².